The van der Waals surface area contributed by atoms with Gasteiger partial charge in [0.2, 0.25) is 0 Å². The van der Waals surface area contributed by atoms with Crippen LogP contribution in [0, 0.1) is 0 Å². The molecule has 0 bridgehead atoms. The minimum Gasteiger partial charge on any atom is -0.459 e. The van der Waals surface area contributed by atoms with E-state index in [-0.39, 0.29) is 6.61 Å². The maximum atomic E-state index is 11.6. The van der Waals surface area contributed by atoms with Crippen LogP contribution in [-0.4, -0.2) is 55.6 Å². The first-order valence-corrected chi connectivity index (χ1v) is 9.24. The SMILES string of the molecule is CCOC(=O)C(=O)Nc1ccc(N2CCN(C3CCCC3)CC2)cc1. The van der Waals surface area contributed by atoms with Crippen molar-refractivity contribution < 1.29 is 14.3 Å². The third kappa shape index (κ3) is 4.51. The first-order chi connectivity index (χ1) is 12.2. The zero-order valence-corrected chi connectivity index (χ0v) is 14.9. The van der Waals surface area contributed by atoms with Gasteiger partial charge < -0.3 is 15.0 Å². The molecule has 1 heterocycles. The predicted molar refractivity (Wildman–Crippen MR) is 97.7 cm³/mol. The van der Waals surface area contributed by atoms with Crippen molar-refractivity contribution in [2.45, 2.75) is 38.6 Å². The van der Waals surface area contributed by atoms with E-state index in [2.05, 4.69) is 19.9 Å². The van der Waals surface area contributed by atoms with Crippen LogP contribution in [0.15, 0.2) is 24.3 Å². The quantitative estimate of drug-likeness (QED) is 0.670. The molecule has 2 fully saturated rings. The van der Waals surface area contributed by atoms with E-state index in [0.29, 0.717) is 5.69 Å². The fourth-order valence-corrected chi connectivity index (χ4v) is 3.75. The lowest BCUT2D eigenvalue weighted by molar-refractivity contribution is -0.152. The molecular formula is C19H27N3O3. The molecule has 1 N–H and O–H groups in total. The summed E-state index contributed by atoms with van der Waals surface area (Å²) >= 11 is 0. The number of hydrogen-bond donors (Lipinski definition) is 1. The lowest BCUT2D eigenvalue weighted by atomic mass is 10.1. The van der Waals surface area contributed by atoms with E-state index in [4.69, 9.17) is 0 Å². The van der Waals surface area contributed by atoms with Gasteiger partial charge in [-0.2, -0.15) is 0 Å². The molecule has 1 saturated carbocycles. The molecule has 1 amide bonds. The monoisotopic (exact) mass is 345 g/mol. The number of amides is 1. The first kappa shape index (κ1) is 17.7. The Hall–Kier alpha value is -2.08. The number of nitrogens with zero attached hydrogens (tertiary/aromatic N) is 2. The molecule has 2 aliphatic rings. The Labute approximate surface area is 149 Å². The van der Waals surface area contributed by atoms with Gasteiger partial charge in [0, 0.05) is 43.6 Å². The summed E-state index contributed by atoms with van der Waals surface area (Å²) in [6.07, 6.45) is 5.47. The summed E-state index contributed by atoms with van der Waals surface area (Å²) in [6.45, 7) is 6.17. The van der Waals surface area contributed by atoms with Crippen LogP contribution in [0.25, 0.3) is 0 Å². The Bertz CT molecular complexity index is 588. The summed E-state index contributed by atoms with van der Waals surface area (Å²) in [4.78, 5) is 28.0. The second-order valence-corrected chi connectivity index (χ2v) is 6.68. The van der Waals surface area contributed by atoms with Crippen LogP contribution < -0.4 is 10.2 Å². The van der Waals surface area contributed by atoms with Crippen molar-refractivity contribution in [3.05, 3.63) is 24.3 Å². The standard InChI is InChI=1S/C19H27N3O3/c1-2-25-19(24)18(23)20-15-7-9-17(10-8-15)22-13-11-21(12-14-22)16-5-3-4-6-16/h7-10,16H,2-6,11-14H2,1H3,(H,20,23). The molecule has 0 atom stereocenters. The largest absolute Gasteiger partial charge is 0.459 e. The van der Waals surface area contributed by atoms with E-state index in [1.54, 1.807) is 6.92 Å². The van der Waals surface area contributed by atoms with Gasteiger partial charge in [0.05, 0.1) is 6.61 Å². The molecule has 0 unspecified atom stereocenters. The molecule has 1 aromatic rings. The Kier molecular flexibility index (Phi) is 5.91. The minimum absolute atomic E-state index is 0.192. The number of hydrogen-bond acceptors (Lipinski definition) is 5. The van der Waals surface area contributed by atoms with Crippen LogP contribution in [0.3, 0.4) is 0 Å². The molecule has 1 aliphatic heterocycles. The minimum atomic E-state index is -0.852. The summed E-state index contributed by atoms with van der Waals surface area (Å²) in [7, 11) is 0. The van der Waals surface area contributed by atoms with Crippen LogP contribution in [0.5, 0.6) is 0 Å². The van der Waals surface area contributed by atoms with E-state index < -0.39 is 11.9 Å². The summed E-state index contributed by atoms with van der Waals surface area (Å²) in [5.41, 5.74) is 1.76. The second-order valence-electron chi connectivity index (χ2n) is 6.68. The number of rotatable bonds is 4. The summed E-state index contributed by atoms with van der Waals surface area (Å²) in [6, 6.07) is 8.44. The number of carbonyl (C=O) groups is 2. The average Bonchev–Trinajstić information content (AvgIpc) is 3.17. The molecule has 1 aliphatic carbocycles. The van der Waals surface area contributed by atoms with Gasteiger partial charge in [-0.05, 0) is 44.0 Å². The van der Waals surface area contributed by atoms with E-state index in [1.807, 2.05) is 24.3 Å². The fraction of sp³-hybridized carbons (Fsp3) is 0.579. The highest BCUT2D eigenvalue weighted by molar-refractivity contribution is 6.37. The maximum Gasteiger partial charge on any atom is 0.397 e. The average molecular weight is 345 g/mol. The Morgan fingerprint density at radius 1 is 1.08 bits per heavy atom. The van der Waals surface area contributed by atoms with Crippen LogP contribution in [0.1, 0.15) is 32.6 Å². The van der Waals surface area contributed by atoms with Crippen LogP contribution in [0.4, 0.5) is 11.4 Å². The molecule has 25 heavy (non-hydrogen) atoms. The van der Waals surface area contributed by atoms with E-state index in [9.17, 15) is 9.59 Å². The Balaban J connectivity index is 1.51. The number of ether oxygens (including phenoxy) is 1. The normalized spacial score (nSPS) is 19.0. The zero-order valence-electron chi connectivity index (χ0n) is 14.9. The predicted octanol–water partition coefficient (Wildman–Crippen LogP) is 2.25. The van der Waals surface area contributed by atoms with Gasteiger partial charge >= 0.3 is 11.9 Å². The highest BCUT2D eigenvalue weighted by Gasteiger charge is 2.26. The van der Waals surface area contributed by atoms with Crippen molar-refractivity contribution in [1.29, 1.82) is 0 Å². The topological polar surface area (TPSA) is 61.9 Å². The lowest BCUT2D eigenvalue weighted by Crippen LogP contribution is -2.49. The Morgan fingerprint density at radius 2 is 1.72 bits per heavy atom. The van der Waals surface area contributed by atoms with Crippen LogP contribution in [0.2, 0.25) is 0 Å². The molecule has 0 aromatic heterocycles. The fourth-order valence-electron chi connectivity index (χ4n) is 3.75. The molecule has 0 radical (unpaired) electrons. The molecule has 0 spiro atoms. The summed E-state index contributed by atoms with van der Waals surface area (Å²) in [5, 5.41) is 2.56. The maximum absolute atomic E-state index is 11.6. The van der Waals surface area contributed by atoms with Crippen molar-refractivity contribution in [2.75, 3.05) is 43.0 Å². The highest BCUT2D eigenvalue weighted by Crippen LogP contribution is 2.26. The number of esters is 1. The molecule has 6 nitrogen and oxygen atoms in total. The smallest absolute Gasteiger partial charge is 0.397 e. The van der Waals surface area contributed by atoms with Gasteiger partial charge in [-0.25, -0.2) is 4.79 Å². The van der Waals surface area contributed by atoms with Gasteiger partial charge in [0.15, 0.2) is 0 Å². The zero-order chi connectivity index (χ0) is 17.6. The van der Waals surface area contributed by atoms with Gasteiger partial charge in [0.1, 0.15) is 0 Å². The number of benzene rings is 1. The van der Waals surface area contributed by atoms with E-state index in [0.717, 1.165) is 37.9 Å². The van der Waals surface area contributed by atoms with Crippen molar-refractivity contribution in [3.8, 4) is 0 Å². The number of piperazine rings is 1. The summed E-state index contributed by atoms with van der Waals surface area (Å²) in [5.74, 6) is -1.59. The third-order valence-electron chi connectivity index (χ3n) is 5.11. The second kappa shape index (κ2) is 8.34. The molecule has 6 heteroatoms. The highest BCUT2D eigenvalue weighted by atomic mass is 16.5. The third-order valence-corrected chi connectivity index (χ3v) is 5.11. The summed E-state index contributed by atoms with van der Waals surface area (Å²) < 4.78 is 4.68. The van der Waals surface area contributed by atoms with Crippen molar-refractivity contribution in [1.82, 2.24) is 4.90 Å². The Morgan fingerprint density at radius 3 is 2.32 bits per heavy atom. The van der Waals surface area contributed by atoms with Gasteiger partial charge in [-0.15, -0.1) is 0 Å². The van der Waals surface area contributed by atoms with Crippen molar-refractivity contribution in [2.24, 2.45) is 0 Å². The van der Waals surface area contributed by atoms with Gasteiger partial charge in [-0.3, -0.25) is 9.69 Å². The van der Waals surface area contributed by atoms with E-state index >= 15 is 0 Å². The molecule has 136 valence electrons. The first-order valence-electron chi connectivity index (χ1n) is 9.24. The molecule has 1 saturated heterocycles. The van der Waals surface area contributed by atoms with Crippen molar-refractivity contribution in [3.63, 3.8) is 0 Å². The van der Waals surface area contributed by atoms with E-state index in [1.165, 1.54) is 25.7 Å². The number of anilines is 2. The van der Waals surface area contributed by atoms with Crippen LogP contribution >= 0.6 is 0 Å². The molecular weight excluding hydrogens is 318 g/mol. The molecule has 3 rings (SSSR count). The molecule has 1 aromatic carbocycles. The van der Waals surface area contributed by atoms with Crippen molar-refractivity contribution >= 4 is 23.3 Å². The lowest BCUT2D eigenvalue weighted by Gasteiger charge is -2.39. The number of nitrogens with one attached hydrogen (secondary N) is 1. The van der Waals surface area contributed by atoms with Crippen LogP contribution in [-0.2, 0) is 14.3 Å². The van der Waals surface area contributed by atoms with Gasteiger partial charge in [0.25, 0.3) is 0 Å². The number of carbonyl (C=O) groups excluding carboxylic acids is 2. The van der Waals surface area contributed by atoms with Gasteiger partial charge in [-0.1, -0.05) is 12.8 Å².